The van der Waals surface area contributed by atoms with Crippen molar-refractivity contribution in [1.29, 1.82) is 0 Å². The predicted molar refractivity (Wildman–Crippen MR) is 495 cm³/mol. The number of amides is 3. The second-order valence-electron chi connectivity index (χ2n) is 27.5. The first-order valence-corrected chi connectivity index (χ1v) is 46.1. The Balaban J connectivity index is 0.000000225. The number of allylic oxidation sites excluding steroid dienone is 2. The van der Waals surface area contributed by atoms with E-state index in [1.54, 1.807) is 42.4 Å². The normalized spacial score (nSPS) is 18.3. The number of nitrogens with zero attached hydrogens (tertiary/aromatic N) is 9. The Morgan fingerprint density at radius 3 is 1.80 bits per heavy atom. The van der Waals surface area contributed by atoms with Gasteiger partial charge >= 0.3 is 58.4 Å². The fourth-order valence-electron chi connectivity index (χ4n) is 13.0. The number of hydrogen-bond donors (Lipinski definition) is 8. The number of ether oxygens (including phenoxy) is 2. The van der Waals surface area contributed by atoms with E-state index in [0.717, 1.165) is 103 Å². The first-order valence-electron chi connectivity index (χ1n) is 37.8. The number of likely N-dealkylation sites (tertiary alicyclic amines) is 1. The first kappa shape index (κ1) is 105. The van der Waals surface area contributed by atoms with Crippen LogP contribution in [0.2, 0.25) is 5.02 Å². The summed E-state index contributed by atoms with van der Waals surface area (Å²) in [5, 5.41) is 98.8. The van der Waals surface area contributed by atoms with Gasteiger partial charge in [0.2, 0.25) is 12.7 Å². The number of aromatic nitrogens is 4. The van der Waals surface area contributed by atoms with E-state index < -0.39 is 49.8 Å². The fourth-order valence-corrected chi connectivity index (χ4v) is 17.3. The Morgan fingerprint density at radius 1 is 0.680 bits per heavy atom. The third-order valence-corrected chi connectivity index (χ3v) is 25.6. The van der Waals surface area contributed by atoms with Gasteiger partial charge in [-0.05, 0) is 148 Å². The van der Waals surface area contributed by atoms with E-state index in [9.17, 15) is 64.6 Å². The maximum atomic E-state index is 12.8. The Hall–Kier alpha value is -9.16. The van der Waals surface area contributed by atoms with Crippen LogP contribution in [0.25, 0.3) is 32.6 Å². The Labute approximate surface area is 779 Å². The average Bonchev–Trinajstić information content (AvgIpc) is 1.48. The number of carbonyl (C=O) groups is 7. The number of benzene rings is 7. The Bertz CT molecular complexity index is 5400. The number of fused-ring (bicyclic) bond motifs is 5. The van der Waals surface area contributed by atoms with Crippen LogP contribution in [-0.4, -0.2) is 179 Å². The number of anilines is 2. The number of nitrogens with one attached hydrogen (secondary N) is 3. The summed E-state index contributed by atoms with van der Waals surface area (Å²) in [5.74, 6) is -6.69. The number of hydrogen-bond acceptors (Lipinski definition) is 24. The van der Waals surface area contributed by atoms with Gasteiger partial charge in [0.15, 0.2) is 15.8 Å². The molecule has 9 N–H and O–H groups in total. The van der Waals surface area contributed by atoms with Crippen LogP contribution in [-0.2, 0) is 57.8 Å². The van der Waals surface area contributed by atoms with Gasteiger partial charge in [0.05, 0.1) is 40.2 Å². The molecular weight excluding hydrogens is 1940 g/mol. The second kappa shape index (κ2) is 50.4. The molecule has 673 valence electrons. The van der Waals surface area contributed by atoms with Gasteiger partial charge in [-0.15, -0.1) is 23.2 Å². The number of thioether (sulfide) groups is 1. The van der Waals surface area contributed by atoms with E-state index >= 15 is 0 Å². The number of imidazole rings is 1. The zero-order chi connectivity index (χ0) is 92.6. The number of aliphatic carboxylic acids is 4. The molecule has 3 aliphatic heterocycles. The molecule has 5 aliphatic rings. The standard InChI is InChI=1S/C18H21N3O2.C14H13NO3.C13H15NO4.C12H9ClN4S2.C9H4Cl6O4.C9H12.2C4H8N2O2.2ClH.Rh/c1-3-20(4-2)8-9-21-17(22)14-7-5-6-12-10-13(19)11-15(16(12)14)18(21)23;16-13(7-8-14(17)18)15-12-6-5-10-3-1-2-4-11(10)9-12;15-13(16)10-2-1-5-14(10)7-9-3-4-11-12(6-9)18-8-17-11;13-8-4-2-1-3-7(8)5-19-12-10-9(14-6-15-10)11(18)16-17-12;10-3-4(11)8(13)2(6(18)19)1(5(16)17)7(3,12)9(8,14)15;1-2-6-9-7-4-3-5-8-9;2*1-3(5-7)4(2)6-8;;;/h5-7,10-11H,3-4,8-9,19H2,1-2H3;1-6,9H,7-8H2,(H,15,16)(H,17,18);3-4,6,10H,1-2,5,7-8H2,(H,15,16);1-4,6H,5H2,(H,14,15)(H,16,18);1-2H,(H,16,17)(H,18,19);3-5,7-8H,2,6H2,1H3;2*7-8H,1-2H3;2*1H;/q;;;;;;;;;;+2/p-6. The van der Waals surface area contributed by atoms with Gasteiger partial charge in [-0.25, -0.2) is 4.98 Å². The molecule has 1 saturated carbocycles. The quantitative estimate of drug-likeness (QED) is 0.00484. The molecule has 0 radical (unpaired) electrons. The Morgan fingerprint density at radius 2 is 1.24 bits per heavy atom. The molecule has 9 aromatic rings. The van der Waals surface area contributed by atoms with Gasteiger partial charge in [-0.1, -0.05) is 206 Å². The van der Waals surface area contributed by atoms with E-state index in [-0.39, 0.29) is 91.5 Å². The first-order chi connectivity index (χ1) is 59.4. The van der Waals surface area contributed by atoms with E-state index in [1.165, 1.54) is 51.0 Å². The van der Waals surface area contributed by atoms with Gasteiger partial charge in [0.1, 0.15) is 36.5 Å². The second-order valence-corrected chi connectivity index (χ2v) is 35.1. The molecule has 1 saturated heterocycles. The molecule has 42 heteroatoms. The van der Waals surface area contributed by atoms with Crippen molar-refractivity contribution < 1.29 is 78.6 Å². The molecule has 2 aromatic heterocycles. The van der Waals surface area contributed by atoms with Crippen LogP contribution < -0.4 is 20.5 Å². The number of imide groups is 1. The molecule has 5 unspecified atom stereocenters. The SMILES string of the molecule is CC(=N[O-])C(C)=N[O-].CC(=N[O-])C(C)=N[O-].CCCc1ccccc1.CCN(CC)CCN1C(=O)c2cccc3cc(N)cc(c23)C1=O.O=C(O)C1C(C(=O)O)C2(Cl)C(Cl)=C(Cl)C1(Cl)C2(Cl)Cl.O=C(O)C1CCCN1Cc1ccc2c(c1)OCO2.O=C(O)CCC(=O)Nc1ccc2ccccc2c1.S=c1[nH]nc(SCc2ccccc2Cl)c2[nH]cnc12.[Cl][Rh][Cl]. The molecule has 7 aromatic carbocycles. The van der Waals surface area contributed by atoms with Crippen molar-refractivity contribution in [2.75, 3.05) is 50.6 Å². The monoisotopic (exact) mass is 2020 g/mol. The van der Waals surface area contributed by atoms with Crippen LogP contribution in [0.1, 0.15) is 118 Å². The molecule has 30 nitrogen and oxygen atoms in total. The van der Waals surface area contributed by atoms with Crippen molar-refractivity contribution in [3.63, 3.8) is 0 Å². The summed E-state index contributed by atoms with van der Waals surface area (Å²) in [6.45, 7) is 16.7. The van der Waals surface area contributed by atoms with Crippen molar-refractivity contribution in [3.05, 3.63) is 220 Å². The fraction of sp³-hybridized carbons (Fsp3) is 0.325. The number of nitrogens with two attached hydrogens (primary N) is 1. The van der Waals surface area contributed by atoms with Crippen molar-refractivity contribution in [2.45, 2.75) is 124 Å². The molecule has 125 heavy (non-hydrogen) atoms. The number of rotatable bonds is 21. The number of H-pyrrole nitrogens is 2. The predicted octanol–water partition coefficient (Wildman–Crippen LogP) is 19.5. The molecule has 2 bridgehead atoms. The number of aromatic amines is 2. The minimum absolute atomic E-state index is 0.0117. The van der Waals surface area contributed by atoms with Crippen molar-refractivity contribution >= 4 is 233 Å². The molecule has 0 spiro atoms. The van der Waals surface area contributed by atoms with Gasteiger partial charge in [-0.3, -0.25) is 48.5 Å². The summed E-state index contributed by atoms with van der Waals surface area (Å²) in [6.07, 6.45) is 5.59. The molecule has 2 fully saturated rings. The number of likely N-dealkylation sites (N-methyl/N-ethyl adjacent to an activating group) is 1. The van der Waals surface area contributed by atoms with Crippen molar-refractivity contribution in [2.24, 2.45) is 32.5 Å². The summed E-state index contributed by atoms with van der Waals surface area (Å²) >= 11 is 48.8. The number of carbonyl (C=O) groups excluding carboxylic acids is 3. The van der Waals surface area contributed by atoms with Crippen LogP contribution in [0.15, 0.2) is 188 Å². The van der Waals surface area contributed by atoms with Crippen LogP contribution in [0.5, 0.6) is 11.5 Å². The van der Waals surface area contributed by atoms with E-state index in [1.807, 2.05) is 95.9 Å². The van der Waals surface area contributed by atoms with Gasteiger partial charge < -0.3 is 92.3 Å². The summed E-state index contributed by atoms with van der Waals surface area (Å²) in [7, 11) is 9.67. The number of halogens is 9. The number of carboxylic acid groups (broad SMARTS) is 4. The molecule has 14 rings (SSSR count). The summed E-state index contributed by atoms with van der Waals surface area (Å²) < 4.78 is 8.94. The van der Waals surface area contributed by atoms with E-state index in [2.05, 4.69) is 102 Å². The van der Waals surface area contributed by atoms with Crippen LogP contribution >= 0.6 is 125 Å². The number of carboxylic acids is 4. The zero-order valence-electron chi connectivity index (χ0n) is 67.8. The molecule has 3 amide bonds. The van der Waals surface area contributed by atoms with E-state index in [4.69, 9.17) is 138 Å². The van der Waals surface area contributed by atoms with Crippen LogP contribution in [0.3, 0.4) is 0 Å². The summed E-state index contributed by atoms with van der Waals surface area (Å²) in [5.41, 5.74) is 14.0. The third-order valence-electron chi connectivity index (χ3n) is 19.6. The van der Waals surface area contributed by atoms with Crippen molar-refractivity contribution in [3.8, 4) is 11.5 Å². The summed E-state index contributed by atoms with van der Waals surface area (Å²) in [6, 6.07) is 46.2. The molecule has 5 heterocycles. The molecule has 2 aliphatic carbocycles. The van der Waals surface area contributed by atoms with Gasteiger partial charge in [0.25, 0.3) is 11.8 Å². The molecular formula is C83H86Cl9N13O17RhS2-4. The number of nitrogen functional groups attached to an aromatic ring is 1. The molecule has 5 atom stereocenters. The third kappa shape index (κ3) is 27.2. The maximum absolute atomic E-state index is 12.8. The summed E-state index contributed by atoms with van der Waals surface area (Å²) in [4.78, 5) is 89.7. The zero-order valence-corrected chi connectivity index (χ0v) is 77.9. The van der Waals surface area contributed by atoms with Gasteiger partial charge in [0, 0.05) is 82.0 Å². The topological polar surface area (TPSA) is 466 Å². The van der Waals surface area contributed by atoms with Gasteiger partial charge in [-0.2, -0.15) is 5.10 Å². The average molecular weight is 2020 g/mol. The van der Waals surface area contributed by atoms with Crippen LogP contribution in [0, 0.1) is 37.3 Å². The Kier molecular flexibility index (Phi) is 42.2. The van der Waals surface area contributed by atoms with Crippen molar-refractivity contribution in [1.82, 2.24) is 34.9 Å². The van der Waals surface area contributed by atoms with Crippen LogP contribution in [0.4, 0.5) is 11.4 Å². The number of aryl methyl sites for hydroxylation is 1. The minimum atomic E-state index is -2.18. The van der Waals surface area contributed by atoms with E-state index in [0.29, 0.717) is 46.8 Å². The number of alkyl halides is 4.